The number of benzene rings is 2. The maximum absolute atomic E-state index is 12.5. The largest absolute Gasteiger partial charge is 0.377 e. The summed E-state index contributed by atoms with van der Waals surface area (Å²) in [4.78, 5) is 43.0. The van der Waals surface area contributed by atoms with Crippen molar-refractivity contribution < 1.29 is 19.1 Å². The Hall–Kier alpha value is -4.29. The number of amides is 3. The van der Waals surface area contributed by atoms with E-state index in [0.29, 0.717) is 67.6 Å². The van der Waals surface area contributed by atoms with Gasteiger partial charge in [-0.25, -0.2) is 4.79 Å². The van der Waals surface area contributed by atoms with Gasteiger partial charge in [0.25, 0.3) is 0 Å². The number of hydrogen-bond donors (Lipinski definition) is 3. The van der Waals surface area contributed by atoms with Gasteiger partial charge in [0.05, 0.1) is 44.6 Å². The number of primary amides is 1. The summed E-state index contributed by atoms with van der Waals surface area (Å²) in [7, 11) is 0. The summed E-state index contributed by atoms with van der Waals surface area (Å²) in [6.45, 7) is 5.43. The molecular weight excluding hydrogens is 512 g/mol. The molecule has 4 N–H and O–H groups in total. The van der Waals surface area contributed by atoms with Crippen LogP contribution in [0.1, 0.15) is 30.1 Å². The molecule has 3 aromatic rings. The van der Waals surface area contributed by atoms with Crippen LogP contribution in [-0.4, -0.2) is 78.0 Å². The van der Waals surface area contributed by atoms with Gasteiger partial charge >= 0.3 is 6.03 Å². The Morgan fingerprint density at radius 2 is 1.48 bits per heavy atom. The van der Waals surface area contributed by atoms with E-state index in [-0.39, 0.29) is 18.1 Å². The second-order valence-corrected chi connectivity index (χ2v) is 10.3. The average Bonchev–Trinajstić information content (AvgIpc) is 3.21. The normalized spacial score (nSPS) is 22.2. The molecule has 3 unspecified atom stereocenters. The van der Waals surface area contributed by atoms with Crippen molar-refractivity contribution in [3.05, 3.63) is 54.1 Å². The molecule has 12 nitrogen and oxygen atoms in total. The number of aromatic nitrogens is 3. The van der Waals surface area contributed by atoms with Crippen LogP contribution in [-0.2, 0) is 9.47 Å². The second kappa shape index (κ2) is 11.1. The van der Waals surface area contributed by atoms with Gasteiger partial charge in [0.1, 0.15) is 0 Å². The first-order valence-corrected chi connectivity index (χ1v) is 13.5. The highest BCUT2D eigenvalue weighted by Crippen LogP contribution is 2.34. The number of carbonyl (C=O) groups is 2. The molecule has 3 aliphatic rings. The smallest absolute Gasteiger partial charge is 0.323 e. The molecule has 3 atom stereocenters. The Bertz CT molecular complexity index is 1370. The highest BCUT2D eigenvalue weighted by Gasteiger charge is 2.39. The third-order valence-corrected chi connectivity index (χ3v) is 7.54. The number of nitrogens with zero attached hydrogens (tertiary/aromatic N) is 5. The van der Waals surface area contributed by atoms with Crippen molar-refractivity contribution in [2.75, 3.05) is 53.4 Å². The molecule has 40 heavy (non-hydrogen) atoms. The Morgan fingerprint density at radius 3 is 2.10 bits per heavy atom. The molecule has 0 saturated carbocycles. The summed E-state index contributed by atoms with van der Waals surface area (Å²) >= 11 is 0. The Labute approximate surface area is 231 Å². The predicted molar refractivity (Wildman–Crippen MR) is 151 cm³/mol. The highest BCUT2D eigenvalue weighted by molar-refractivity contribution is 6.00. The van der Waals surface area contributed by atoms with Crippen molar-refractivity contribution in [2.45, 2.75) is 37.9 Å². The lowest BCUT2D eigenvalue weighted by molar-refractivity contribution is 0.0895. The number of urea groups is 1. The number of fused-ring (bicyclic) bond motifs is 2. The van der Waals surface area contributed by atoms with Crippen LogP contribution in [0.4, 0.5) is 28.1 Å². The Morgan fingerprint density at radius 1 is 0.850 bits per heavy atom. The minimum Gasteiger partial charge on any atom is -0.377 e. The zero-order chi connectivity index (χ0) is 27.6. The summed E-state index contributed by atoms with van der Waals surface area (Å²) in [6, 6.07) is 14.0. The van der Waals surface area contributed by atoms with Crippen molar-refractivity contribution in [1.29, 1.82) is 0 Å². The van der Waals surface area contributed by atoms with E-state index in [1.807, 2.05) is 24.3 Å². The highest BCUT2D eigenvalue weighted by atomic mass is 16.5. The second-order valence-electron chi connectivity index (χ2n) is 10.3. The summed E-state index contributed by atoms with van der Waals surface area (Å²) in [6.07, 6.45) is 2.12. The molecule has 2 bridgehead atoms. The van der Waals surface area contributed by atoms with Crippen LogP contribution in [0.5, 0.6) is 0 Å². The quantitative estimate of drug-likeness (QED) is 0.426. The van der Waals surface area contributed by atoms with E-state index in [1.54, 1.807) is 24.3 Å². The topological polar surface area (TPSA) is 148 Å². The van der Waals surface area contributed by atoms with E-state index >= 15 is 0 Å². The third-order valence-electron chi connectivity index (χ3n) is 7.54. The maximum atomic E-state index is 12.5. The number of hydrogen-bond acceptors (Lipinski definition) is 9. The number of ether oxygens (including phenoxy) is 2. The molecule has 6 rings (SSSR count). The van der Waals surface area contributed by atoms with Gasteiger partial charge in [-0.2, -0.15) is 15.0 Å². The molecule has 0 aliphatic carbocycles. The molecule has 3 saturated heterocycles. The first kappa shape index (κ1) is 26.0. The minimum absolute atomic E-state index is 0.148. The van der Waals surface area contributed by atoms with Gasteiger partial charge in [-0.15, -0.1) is 0 Å². The van der Waals surface area contributed by atoms with Crippen LogP contribution in [0.2, 0.25) is 0 Å². The molecular formula is C28H32N8O4. The number of nitrogens with one attached hydrogen (secondary N) is 2. The van der Waals surface area contributed by atoms with Gasteiger partial charge in [-0.3, -0.25) is 4.79 Å². The monoisotopic (exact) mass is 544 g/mol. The van der Waals surface area contributed by atoms with Crippen LogP contribution in [0, 0.1) is 0 Å². The van der Waals surface area contributed by atoms with E-state index in [2.05, 4.69) is 27.4 Å². The van der Waals surface area contributed by atoms with Crippen LogP contribution in [0.3, 0.4) is 0 Å². The van der Waals surface area contributed by atoms with E-state index in [9.17, 15) is 9.59 Å². The first-order valence-electron chi connectivity index (χ1n) is 13.5. The average molecular weight is 545 g/mol. The zero-order valence-corrected chi connectivity index (χ0v) is 22.2. The first-order chi connectivity index (χ1) is 19.4. The van der Waals surface area contributed by atoms with Crippen molar-refractivity contribution in [2.24, 2.45) is 5.73 Å². The number of anilines is 4. The molecule has 0 spiro atoms. The van der Waals surface area contributed by atoms with Gasteiger partial charge < -0.3 is 35.6 Å². The lowest BCUT2D eigenvalue weighted by Gasteiger charge is -2.36. The molecule has 4 heterocycles. The van der Waals surface area contributed by atoms with Gasteiger partial charge in [-0.05, 0) is 68.3 Å². The van der Waals surface area contributed by atoms with Crippen LogP contribution in [0.15, 0.2) is 48.5 Å². The fourth-order valence-corrected chi connectivity index (χ4v) is 5.42. The van der Waals surface area contributed by atoms with E-state index in [1.165, 1.54) is 0 Å². The Balaban J connectivity index is 1.22. The SMILES string of the molecule is CC1COCCN1c1nc(-c2ccc(NC(=O)Nc3ccc(C(N)=O)cc3)cc2)nc(N2C3CCC2COC3)n1. The zero-order valence-electron chi connectivity index (χ0n) is 22.2. The summed E-state index contributed by atoms with van der Waals surface area (Å²) in [5.74, 6) is 1.38. The standard InChI is InChI=1S/C28H32N8O4/c1-17-14-39-13-12-35(17)26-32-25(33-27(34-26)36-22-10-11-23(36)16-40-15-22)19-4-8-21(9-5-19)31-28(38)30-20-6-2-18(3-7-20)24(29)37/h2-9,17,22-23H,10-16H2,1H3,(H2,29,37)(H2,30,31,38). The van der Waals surface area contributed by atoms with Crippen molar-refractivity contribution in [1.82, 2.24) is 15.0 Å². The summed E-state index contributed by atoms with van der Waals surface area (Å²) < 4.78 is 11.4. The van der Waals surface area contributed by atoms with Crippen molar-refractivity contribution in [3.63, 3.8) is 0 Å². The molecule has 2 aromatic carbocycles. The van der Waals surface area contributed by atoms with Gasteiger partial charge in [-0.1, -0.05) is 0 Å². The van der Waals surface area contributed by atoms with Gasteiger partial charge in [0, 0.05) is 29.0 Å². The molecule has 208 valence electrons. The molecule has 0 radical (unpaired) electrons. The number of morpholine rings is 2. The van der Waals surface area contributed by atoms with E-state index < -0.39 is 11.9 Å². The molecule has 3 amide bonds. The lowest BCUT2D eigenvalue weighted by Crippen LogP contribution is -2.48. The minimum atomic E-state index is -0.523. The molecule has 12 heteroatoms. The van der Waals surface area contributed by atoms with Crippen LogP contribution in [0.25, 0.3) is 11.4 Å². The number of carbonyl (C=O) groups excluding carboxylic acids is 2. The summed E-state index contributed by atoms with van der Waals surface area (Å²) in [5.41, 5.74) is 7.61. The number of rotatable bonds is 6. The van der Waals surface area contributed by atoms with Gasteiger partial charge in [0.15, 0.2) is 5.82 Å². The van der Waals surface area contributed by atoms with Crippen molar-refractivity contribution >= 4 is 35.2 Å². The van der Waals surface area contributed by atoms with Gasteiger partial charge in [0.2, 0.25) is 17.8 Å². The predicted octanol–water partition coefficient (Wildman–Crippen LogP) is 2.87. The fraction of sp³-hybridized carbons (Fsp3) is 0.393. The van der Waals surface area contributed by atoms with Crippen LogP contribution >= 0.6 is 0 Å². The third kappa shape index (κ3) is 5.40. The van der Waals surface area contributed by atoms with Crippen molar-refractivity contribution in [3.8, 4) is 11.4 Å². The Kier molecular flexibility index (Phi) is 7.18. The van der Waals surface area contributed by atoms with Crippen LogP contribution < -0.4 is 26.2 Å². The molecule has 1 aromatic heterocycles. The molecule has 3 fully saturated rings. The fourth-order valence-electron chi connectivity index (χ4n) is 5.42. The van der Waals surface area contributed by atoms with E-state index in [0.717, 1.165) is 18.4 Å². The van der Waals surface area contributed by atoms with E-state index in [4.69, 9.17) is 30.2 Å². The molecule has 3 aliphatic heterocycles. The lowest BCUT2D eigenvalue weighted by atomic mass is 10.2. The maximum Gasteiger partial charge on any atom is 0.323 e. The number of nitrogens with two attached hydrogens (primary N) is 1. The summed E-state index contributed by atoms with van der Waals surface area (Å²) in [5, 5.41) is 5.56.